The number of carboxylic acids is 1. The summed E-state index contributed by atoms with van der Waals surface area (Å²) in [6, 6.07) is -1.65. The molecule has 0 bridgehead atoms. The number of hydrogen-bond acceptors (Lipinski definition) is 10. The third-order valence-corrected chi connectivity index (χ3v) is 9.66. The minimum absolute atomic E-state index is 0.0191. The zero-order chi connectivity index (χ0) is 43.9. The number of carboxylic acid groups (broad SMARTS) is 1. The molecule has 17 heteroatoms. The molecular weight excluding hydrogens is 752 g/mol. The predicted octanol–water partition coefficient (Wildman–Crippen LogP) is 1.70. The van der Waals surface area contributed by atoms with E-state index in [0.29, 0.717) is 24.8 Å². The second-order valence-electron chi connectivity index (χ2n) is 15.4. The summed E-state index contributed by atoms with van der Waals surface area (Å²) in [6.45, 7) is 10.7. The average molecular weight is 821 g/mol. The summed E-state index contributed by atoms with van der Waals surface area (Å²) in [5, 5.41) is 54.4. The number of amides is 6. The topological polar surface area (TPSA) is 273 Å². The van der Waals surface area contributed by atoms with Crippen LogP contribution in [-0.2, 0) is 40.0 Å². The quantitative estimate of drug-likeness (QED) is 0.0544. The first-order valence-electron chi connectivity index (χ1n) is 20.4. The first-order chi connectivity index (χ1) is 27.3. The normalized spacial score (nSPS) is 15.3. The molecule has 2 unspecified atom stereocenters. The van der Waals surface area contributed by atoms with Gasteiger partial charge in [-0.3, -0.25) is 28.8 Å². The number of nitrogens with one attached hydrogen (secondary N) is 6. The van der Waals surface area contributed by atoms with Crippen LogP contribution in [0.15, 0.2) is 24.3 Å². The van der Waals surface area contributed by atoms with Gasteiger partial charge in [-0.2, -0.15) is 0 Å². The van der Waals surface area contributed by atoms with E-state index in [1.807, 2.05) is 0 Å². The third-order valence-electron chi connectivity index (χ3n) is 9.66. The highest BCUT2D eigenvalue weighted by Gasteiger charge is 2.32. The molecule has 0 heterocycles. The summed E-state index contributed by atoms with van der Waals surface area (Å²) in [4.78, 5) is 89.6. The van der Waals surface area contributed by atoms with Gasteiger partial charge in [0.05, 0.1) is 12.2 Å². The molecule has 0 aliphatic heterocycles. The monoisotopic (exact) mass is 820 g/mol. The lowest BCUT2D eigenvalue weighted by Gasteiger charge is -2.25. The second kappa shape index (κ2) is 27.0. The van der Waals surface area contributed by atoms with E-state index in [1.54, 1.807) is 13.8 Å². The number of phenols is 1. The fraction of sp³-hybridized carbons (Fsp3) is 0.683. The minimum Gasteiger partial charge on any atom is -0.508 e. The molecule has 0 saturated carbocycles. The number of aliphatic carboxylic acids is 1. The van der Waals surface area contributed by atoms with Crippen LogP contribution >= 0.6 is 0 Å². The summed E-state index contributed by atoms with van der Waals surface area (Å²) in [5.41, 5.74) is 0.548. The Bertz CT molecular complexity index is 1470. The number of carbonyl (C=O) groups is 7. The van der Waals surface area contributed by atoms with E-state index < -0.39 is 95.8 Å². The maximum absolute atomic E-state index is 13.2. The number of aliphatic hydroxyl groups is 2. The molecule has 0 saturated heterocycles. The number of phenolic OH excluding ortho intramolecular Hbond substituents is 1. The molecule has 1 aromatic carbocycles. The van der Waals surface area contributed by atoms with E-state index in [-0.39, 0.29) is 18.6 Å². The van der Waals surface area contributed by atoms with Crippen molar-refractivity contribution < 1.29 is 54.0 Å². The molecule has 8 atom stereocenters. The Labute approximate surface area is 342 Å². The van der Waals surface area contributed by atoms with Crippen LogP contribution in [0.2, 0.25) is 0 Å². The van der Waals surface area contributed by atoms with Gasteiger partial charge >= 0.3 is 5.97 Å². The van der Waals surface area contributed by atoms with E-state index in [0.717, 1.165) is 19.3 Å². The molecular formula is C41H68N6O11. The Morgan fingerprint density at radius 2 is 1.05 bits per heavy atom. The Hall–Kier alpha value is -4.77. The van der Waals surface area contributed by atoms with Gasteiger partial charge in [0.1, 0.15) is 42.0 Å². The molecule has 0 fully saturated rings. The Morgan fingerprint density at radius 3 is 1.55 bits per heavy atom. The number of rotatable bonds is 28. The van der Waals surface area contributed by atoms with Crippen LogP contribution in [0.1, 0.15) is 125 Å². The van der Waals surface area contributed by atoms with Crippen LogP contribution in [0.25, 0.3) is 0 Å². The van der Waals surface area contributed by atoms with Crippen molar-refractivity contribution in [3.8, 4) is 5.75 Å². The molecule has 328 valence electrons. The lowest BCUT2D eigenvalue weighted by atomic mass is 10.0. The number of carbonyl (C=O) groups excluding carboxylic acids is 6. The van der Waals surface area contributed by atoms with Crippen molar-refractivity contribution in [1.82, 2.24) is 31.9 Å². The lowest BCUT2D eigenvalue weighted by Crippen LogP contribution is -2.59. The highest BCUT2D eigenvalue weighted by molar-refractivity contribution is 5.96. The van der Waals surface area contributed by atoms with Crippen molar-refractivity contribution in [2.24, 2.45) is 5.92 Å². The standard InChI is InChI=1S/C41H68N6O11/c1-8-9-10-11-12-13-14-16-30(49)17-15-18-33(51)46-35(28(7)48)40(56)44-26(5)37(53)42-25(4)36(52)43-27(6)38(54)45-32(23-29-19-21-31(50)22-20-29)39(55)47-34(24(2)3)41(57)58/h19-22,24-28,30,32,34-35,48-50H,8-18,23H2,1-7H3,(H,42,53)(H,43,52)(H,44,56)(H,45,54)(H,46,51)(H,47,55)(H,57,58)/t25-,26+,27-,28?,30?,32+,34-,35-/m0/s1. The van der Waals surface area contributed by atoms with E-state index in [4.69, 9.17) is 0 Å². The smallest absolute Gasteiger partial charge is 0.326 e. The van der Waals surface area contributed by atoms with Gasteiger partial charge in [0.25, 0.3) is 0 Å². The predicted molar refractivity (Wildman–Crippen MR) is 217 cm³/mol. The minimum atomic E-state index is -1.37. The first-order valence-corrected chi connectivity index (χ1v) is 20.4. The van der Waals surface area contributed by atoms with E-state index in [2.05, 4.69) is 38.8 Å². The van der Waals surface area contributed by atoms with E-state index >= 15 is 0 Å². The zero-order valence-corrected chi connectivity index (χ0v) is 35.1. The molecule has 0 radical (unpaired) electrons. The zero-order valence-electron chi connectivity index (χ0n) is 35.1. The molecule has 1 rings (SSSR count). The van der Waals surface area contributed by atoms with Crippen LogP contribution in [-0.4, -0.2) is 110 Å². The van der Waals surface area contributed by atoms with Gasteiger partial charge in [-0.25, -0.2) is 4.79 Å². The van der Waals surface area contributed by atoms with Crippen LogP contribution in [0.3, 0.4) is 0 Å². The summed E-state index contributed by atoms with van der Waals surface area (Å²) in [6.07, 6.45) is 7.55. The largest absolute Gasteiger partial charge is 0.508 e. The summed E-state index contributed by atoms with van der Waals surface area (Å²) in [7, 11) is 0. The van der Waals surface area contributed by atoms with Gasteiger partial charge in [-0.05, 0) is 70.6 Å². The number of unbranched alkanes of at least 4 members (excludes halogenated alkanes) is 6. The molecule has 58 heavy (non-hydrogen) atoms. The first kappa shape index (κ1) is 51.2. The average Bonchev–Trinajstić information content (AvgIpc) is 3.15. The molecule has 0 aliphatic carbocycles. The van der Waals surface area contributed by atoms with Crippen molar-refractivity contribution in [3.05, 3.63) is 29.8 Å². The molecule has 17 nitrogen and oxygen atoms in total. The fourth-order valence-corrected chi connectivity index (χ4v) is 5.95. The van der Waals surface area contributed by atoms with Gasteiger partial charge < -0.3 is 52.3 Å². The van der Waals surface area contributed by atoms with Gasteiger partial charge in [0.2, 0.25) is 35.4 Å². The number of benzene rings is 1. The highest BCUT2D eigenvalue weighted by Crippen LogP contribution is 2.14. The van der Waals surface area contributed by atoms with Crippen molar-refractivity contribution in [2.75, 3.05) is 0 Å². The van der Waals surface area contributed by atoms with Gasteiger partial charge in [0, 0.05) is 12.8 Å². The summed E-state index contributed by atoms with van der Waals surface area (Å²) >= 11 is 0. The van der Waals surface area contributed by atoms with Crippen LogP contribution in [0, 0.1) is 5.92 Å². The van der Waals surface area contributed by atoms with Gasteiger partial charge in [-0.15, -0.1) is 0 Å². The summed E-state index contributed by atoms with van der Waals surface area (Å²) < 4.78 is 0. The number of hydrogen-bond donors (Lipinski definition) is 10. The molecule has 10 N–H and O–H groups in total. The molecule has 0 aliphatic rings. The van der Waals surface area contributed by atoms with Gasteiger partial charge in [0.15, 0.2) is 0 Å². The van der Waals surface area contributed by atoms with Crippen molar-refractivity contribution >= 4 is 41.4 Å². The van der Waals surface area contributed by atoms with Gasteiger partial charge in [-0.1, -0.05) is 77.8 Å². The maximum atomic E-state index is 13.2. The van der Waals surface area contributed by atoms with Crippen molar-refractivity contribution in [1.29, 1.82) is 0 Å². The molecule has 1 aromatic rings. The Kier molecular flexibility index (Phi) is 23.9. The lowest BCUT2D eigenvalue weighted by molar-refractivity contribution is -0.143. The molecule has 0 spiro atoms. The van der Waals surface area contributed by atoms with Crippen molar-refractivity contribution in [2.45, 2.75) is 174 Å². The fourth-order valence-electron chi connectivity index (χ4n) is 5.95. The maximum Gasteiger partial charge on any atom is 0.326 e. The van der Waals surface area contributed by atoms with Crippen molar-refractivity contribution in [3.63, 3.8) is 0 Å². The second-order valence-corrected chi connectivity index (χ2v) is 15.4. The molecule has 6 amide bonds. The summed E-state index contributed by atoms with van der Waals surface area (Å²) in [5.74, 6) is -6.20. The third kappa shape index (κ3) is 20.1. The number of aliphatic hydroxyl groups excluding tert-OH is 2. The Balaban J connectivity index is 2.69. The van der Waals surface area contributed by atoms with E-state index in [1.165, 1.54) is 77.6 Å². The van der Waals surface area contributed by atoms with E-state index in [9.17, 15) is 54.0 Å². The van der Waals surface area contributed by atoms with Crippen LogP contribution in [0.5, 0.6) is 5.75 Å². The highest BCUT2D eigenvalue weighted by atomic mass is 16.4. The SMILES string of the molecule is CCCCCCCCCC(O)CCCC(=O)N[C@H](C(=O)N[C@H](C)C(=O)N[C@@H](C)C(=O)N[C@@H](C)C(=O)N[C@H](Cc1ccc(O)cc1)C(=O)N[C@H](C(=O)O)C(C)C)C(C)O. The molecule has 0 aromatic heterocycles. The Morgan fingerprint density at radius 1 is 0.569 bits per heavy atom. The number of aromatic hydroxyl groups is 1. The van der Waals surface area contributed by atoms with Crippen LogP contribution in [0.4, 0.5) is 0 Å². The van der Waals surface area contributed by atoms with Crippen LogP contribution < -0.4 is 31.9 Å².